The zero-order valence-corrected chi connectivity index (χ0v) is 20.2. The number of carbonyl (C=O) groups is 1. The molecule has 0 amide bonds. The maximum absolute atomic E-state index is 12.8. The lowest BCUT2D eigenvalue weighted by atomic mass is 10.1. The van der Waals surface area contributed by atoms with Crippen LogP contribution in [0.3, 0.4) is 0 Å². The second-order valence-electron chi connectivity index (χ2n) is 9.47. The summed E-state index contributed by atoms with van der Waals surface area (Å²) in [5.74, 6) is -0.793. The molecule has 0 aliphatic carbocycles. The third kappa shape index (κ3) is 5.90. The van der Waals surface area contributed by atoms with Gasteiger partial charge in [0.1, 0.15) is 18.2 Å². The topological polar surface area (TPSA) is 70.8 Å². The molecule has 1 fully saturated rings. The van der Waals surface area contributed by atoms with Crippen molar-refractivity contribution >= 4 is 25.2 Å². The molecule has 1 aromatic carbocycles. The van der Waals surface area contributed by atoms with E-state index in [4.69, 9.17) is 19.6 Å². The van der Waals surface area contributed by atoms with Gasteiger partial charge in [0.25, 0.3) is 0 Å². The second-order valence-corrected chi connectivity index (χ2v) is 15.4. The zero-order chi connectivity index (χ0) is 21.3. The summed E-state index contributed by atoms with van der Waals surface area (Å²) >= 11 is 1.15. The van der Waals surface area contributed by atoms with E-state index in [0.29, 0.717) is 6.61 Å². The summed E-state index contributed by atoms with van der Waals surface area (Å²) in [6, 6.07) is 7.03. The predicted molar refractivity (Wildman–Crippen MR) is 117 cm³/mol. The lowest BCUT2D eigenvalue weighted by Crippen LogP contribution is -2.49. The maximum Gasteiger partial charge on any atom is 0.213 e. The van der Waals surface area contributed by atoms with E-state index < -0.39 is 26.3 Å². The Hall–Kier alpha value is -0.703. The molecule has 0 saturated carbocycles. The molecule has 0 bridgehead atoms. The van der Waals surface area contributed by atoms with E-state index in [0.717, 1.165) is 22.2 Å². The van der Waals surface area contributed by atoms with Crippen molar-refractivity contribution in [1.29, 1.82) is 0 Å². The van der Waals surface area contributed by atoms with Crippen LogP contribution >= 0.6 is 11.8 Å². The van der Waals surface area contributed by atoms with Crippen LogP contribution in [-0.4, -0.2) is 44.1 Å². The van der Waals surface area contributed by atoms with Crippen LogP contribution in [0.25, 0.3) is 0 Å². The molecule has 5 nitrogen and oxygen atoms in total. The van der Waals surface area contributed by atoms with Gasteiger partial charge in [-0.1, -0.05) is 50.2 Å². The van der Waals surface area contributed by atoms with E-state index in [1.54, 1.807) is 0 Å². The fourth-order valence-electron chi connectivity index (χ4n) is 2.73. The molecule has 7 heteroatoms. The molecule has 28 heavy (non-hydrogen) atoms. The van der Waals surface area contributed by atoms with Gasteiger partial charge in [0.05, 0.1) is 6.61 Å². The Morgan fingerprint density at radius 1 is 1.25 bits per heavy atom. The summed E-state index contributed by atoms with van der Waals surface area (Å²) in [5.41, 5.74) is 7.47. The number of thioether (sulfide) groups is 1. The first kappa shape index (κ1) is 23.6. The molecule has 2 N–H and O–H groups in total. The third-order valence-corrected chi connectivity index (χ3v) is 11.0. The smallest absolute Gasteiger partial charge is 0.213 e. The first-order chi connectivity index (χ1) is 12.7. The fraction of sp³-hybridized carbons (Fsp3) is 0.667. The minimum Gasteiger partial charge on any atom is -0.414 e. The average Bonchev–Trinajstić information content (AvgIpc) is 2.88. The molecule has 1 aliphatic rings. The first-order valence-electron chi connectivity index (χ1n) is 9.75. The molecule has 158 valence electrons. The number of benzene rings is 1. The molecule has 0 aromatic heterocycles. The van der Waals surface area contributed by atoms with Gasteiger partial charge in [0, 0.05) is 4.90 Å². The second kappa shape index (κ2) is 8.58. The van der Waals surface area contributed by atoms with Crippen molar-refractivity contribution in [2.45, 2.75) is 88.6 Å². The predicted octanol–water partition coefficient (Wildman–Crippen LogP) is 4.48. The van der Waals surface area contributed by atoms with Crippen LogP contribution in [0, 0.1) is 6.92 Å². The quantitative estimate of drug-likeness (QED) is 0.535. The Labute approximate surface area is 174 Å². The Kier molecular flexibility index (Phi) is 7.22. The summed E-state index contributed by atoms with van der Waals surface area (Å²) in [4.78, 5) is 13.6. The summed E-state index contributed by atoms with van der Waals surface area (Å²) in [7, 11) is -1.94. The molecule has 2 rings (SSSR count). The highest BCUT2D eigenvalue weighted by Gasteiger charge is 2.47. The Balaban J connectivity index is 2.07. The van der Waals surface area contributed by atoms with E-state index in [-0.39, 0.29) is 16.3 Å². The number of aryl methyl sites for hydroxylation is 1. The lowest BCUT2D eigenvalue weighted by Gasteiger charge is -2.37. The van der Waals surface area contributed by atoms with Gasteiger partial charge in [-0.3, -0.25) is 4.79 Å². The standard InChI is InChI=1S/C21H35NO4SSi/c1-14-9-11-15(12-10-14)27-19(23)17(22)18-16(25-21(5,6)26-18)13-24-28(7,8)20(2,3)4/h9-12,16-18H,13,22H2,1-8H3/t16-,17-,18+/m0/s1. The van der Waals surface area contributed by atoms with Gasteiger partial charge in [-0.15, -0.1) is 0 Å². The molecule has 1 aliphatic heterocycles. The maximum atomic E-state index is 12.8. The van der Waals surface area contributed by atoms with Crippen LogP contribution in [0.5, 0.6) is 0 Å². The highest BCUT2D eigenvalue weighted by molar-refractivity contribution is 8.13. The molecule has 0 spiro atoms. The number of rotatable bonds is 6. The minimum absolute atomic E-state index is 0.0940. The summed E-state index contributed by atoms with van der Waals surface area (Å²) in [6.07, 6.45) is -0.910. The van der Waals surface area contributed by atoms with E-state index >= 15 is 0 Å². The molecule has 3 atom stereocenters. The van der Waals surface area contributed by atoms with Crippen molar-refractivity contribution in [3.05, 3.63) is 29.8 Å². The summed E-state index contributed by atoms with van der Waals surface area (Å²) in [6.45, 7) is 17.1. The van der Waals surface area contributed by atoms with Gasteiger partial charge < -0.3 is 19.6 Å². The van der Waals surface area contributed by atoms with Crippen molar-refractivity contribution in [3.63, 3.8) is 0 Å². The lowest BCUT2D eigenvalue weighted by molar-refractivity contribution is -0.150. The molecular formula is C21H35NO4SSi. The Morgan fingerprint density at radius 3 is 2.36 bits per heavy atom. The fourth-order valence-corrected chi connectivity index (χ4v) is 4.52. The van der Waals surface area contributed by atoms with Crippen LogP contribution in [0.15, 0.2) is 29.2 Å². The molecule has 1 saturated heterocycles. The van der Waals surface area contributed by atoms with Crippen LogP contribution in [0.2, 0.25) is 18.1 Å². The highest BCUT2D eigenvalue weighted by Crippen LogP contribution is 2.38. The number of carbonyl (C=O) groups excluding carboxylic acids is 1. The third-order valence-electron chi connectivity index (χ3n) is 5.50. The monoisotopic (exact) mass is 425 g/mol. The van der Waals surface area contributed by atoms with Crippen LogP contribution in [0.4, 0.5) is 0 Å². The van der Waals surface area contributed by atoms with E-state index in [1.165, 1.54) is 0 Å². The van der Waals surface area contributed by atoms with Crippen molar-refractivity contribution < 1.29 is 18.7 Å². The van der Waals surface area contributed by atoms with Crippen molar-refractivity contribution in [1.82, 2.24) is 0 Å². The van der Waals surface area contributed by atoms with Gasteiger partial charge in [-0.05, 0) is 51.0 Å². The van der Waals surface area contributed by atoms with Crippen LogP contribution in [-0.2, 0) is 18.7 Å². The number of ether oxygens (including phenoxy) is 2. The van der Waals surface area contributed by atoms with Crippen LogP contribution in [0.1, 0.15) is 40.2 Å². The summed E-state index contributed by atoms with van der Waals surface area (Å²) in [5, 5.41) is -0.0380. The molecule has 0 unspecified atom stereocenters. The SMILES string of the molecule is Cc1ccc(SC(=O)[C@@H](N)[C@@H]2OC(C)(C)O[C@H]2CO[Si](C)(C)C(C)(C)C)cc1. The van der Waals surface area contributed by atoms with Gasteiger partial charge >= 0.3 is 0 Å². The Bertz CT molecular complexity index is 685. The van der Waals surface area contributed by atoms with Gasteiger partial charge in [0.2, 0.25) is 5.12 Å². The number of hydrogen-bond acceptors (Lipinski definition) is 6. The van der Waals surface area contributed by atoms with E-state index in [1.807, 2.05) is 45.0 Å². The van der Waals surface area contributed by atoms with Gasteiger partial charge in [-0.25, -0.2) is 0 Å². The van der Waals surface area contributed by atoms with E-state index in [9.17, 15) is 4.79 Å². The number of nitrogens with two attached hydrogens (primary N) is 1. The van der Waals surface area contributed by atoms with Gasteiger partial charge in [-0.2, -0.15) is 0 Å². The van der Waals surface area contributed by atoms with Gasteiger partial charge in [0.15, 0.2) is 14.1 Å². The summed E-state index contributed by atoms with van der Waals surface area (Å²) < 4.78 is 18.4. The highest BCUT2D eigenvalue weighted by atomic mass is 32.2. The van der Waals surface area contributed by atoms with E-state index in [2.05, 4.69) is 33.9 Å². The van der Waals surface area contributed by atoms with Crippen molar-refractivity contribution in [2.75, 3.05) is 6.61 Å². The average molecular weight is 426 g/mol. The normalized spacial score (nSPS) is 23.6. The largest absolute Gasteiger partial charge is 0.414 e. The van der Waals surface area contributed by atoms with Crippen molar-refractivity contribution in [2.24, 2.45) is 5.73 Å². The van der Waals surface area contributed by atoms with Crippen LogP contribution < -0.4 is 5.73 Å². The Morgan fingerprint density at radius 2 is 1.82 bits per heavy atom. The number of hydrogen-bond donors (Lipinski definition) is 1. The van der Waals surface area contributed by atoms with Crippen molar-refractivity contribution in [3.8, 4) is 0 Å². The zero-order valence-electron chi connectivity index (χ0n) is 18.4. The molecular weight excluding hydrogens is 390 g/mol. The molecule has 0 radical (unpaired) electrons. The first-order valence-corrected chi connectivity index (χ1v) is 13.5. The molecule has 1 aromatic rings. The molecule has 1 heterocycles. The minimum atomic E-state index is -1.94.